The van der Waals surface area contributed by atoms with E-state index < -0.39 is 18.6 Å². The number of hydrogen-bond acceptors (Lipinski definition) is 6. The number of ketones is 1. The van der Waals surface area contributed by atoms with Gasteiger partial charge in [-0.25, -0.2) is 9.87 Å². The smallest absolute Gasteiger partial charge is 0.276 e. The summed E-state index contributed by atoms with van der Waals surface area (Å²) in [4.78, 5) is 31.0. The minimum absolute atomic E-state index is 0.121. The number of nitrogens with one attached hydrogen (secondary N) is 1. The number of rotatable bonds is 9. The minimum Gasteiger partial charge on any atom is -0.394 e. The van der Waals surface area contributed by atoms with Crippen molar-refractivity contribution in [1.29, 1.82) is 0 Å². The highest BCUT2D eigenvalue weighted by atomic mass is 127. The molecule has 1 amide bonds. The van der Waals surface area contributed by atoms with Crippen LogP contribution in [0.1, 0.15) is 62.7 Å². The lowest BCUT2D eigenvalue weighted by atomic mass is 9.94. The molecule has 0 fully saturated rings. The molecule has 0 radical (unpaired) electrons. The van der Waals surface area contributed by atoms with Crippen molar-refractivity contribution in [3.63, 3.8) is 0 Å². The van der Waals surface area contributed by atoms with Gasteiger partial charge >= 0.3 is 0 Å². The lowest BCUT2D eigenvalue weighted by molar-refractivity contribution is -0.0295. The molecule has 0 spiro atoms. The van der Waals surface area contributed by atoms with Crippen LogP contribution in [-0.2, 0) is 11.3 Å². The Morgan fingerprint density at radius 2 is 2.03 bits per heavy atom. The fourth-order valence-electron chi connectivity index (χ4n) is 2.82. The van der Waals surface area contributed by atoms with E-state index in [0.29, 0.717) is 20.9 Å². The van der Waals surface area contributed by atoms with Gasteiger partial charge in [0.2, 0.25) is 0 Å². The van der Waals surface area contributed by atoms with Crippen LogP contribution in [0.25, 0.3) is 0 Å². The van der Waals surface area contributed by atoms with Gasteiger partial charge in [0.05, 0.1) is 17.0 Å². The minimum atomic E-state index is -1.13. The number of Topliss-reactive ketones (excluding diaryl/α,β-unsaturated/α-hetero) is 1. The number of carbonyl (C=O) groups is 2. The molecule has 0 bridgehead atoms. The molecule has 1 atom stereocenters. The molecule has 2 aromatic rings. The second kappa shape index (κ2) is 10.6. The molecular weight excluding hydrogens is 512 g/mol. The van der Waals surface area contributed by atoms with Gasteiger partial charge in [0, 0.05) is 14.9 Å². The van der Waals surface area contributed by atoms with Crippen molar-refractivity contribution in [2.24, 2.45) is 0 Å². The van der Waals surface area contributed by atoms with Crippen LogP contribution in [-0.4, -0.2) is 41.2 Å². The highest BCUT2D eigenvalue weighted by Gasteiger charge is 2.28. The number of hydroxylamine groups is 1. The van der Waals surface area contributed by atoms with Gasteiger partial charge in [-0.3, -0.25) is 14.4 Å². The molecule has 0 aliphatic carbocycles. The number of carbonyl (C=O) groups excluding carboxylic acids is 2. The SMILES string of the molecule is CC(=O)c1sc(Cc2ccc(I)cc2F)c(C(=O)NOC[C@H](O)CO)c1C(C)C. The van der Waals surface area contributed by atoms with Crippen molar-refractivity contribution in [1.82, 2.24) is 5.48 Å². The molecule has 2 rings (SSSR count). The summed E-state index contributed by atoms with van der Waals surface area (Å²) in [7, 11) is 0. The first-order chi connectivity index (χ1) is 13.6. The Kier molecular flexibility index (Phi) is 8.71. The Hall–Kier alpha value is -1.40. The Bertz CT molecular complexity index is 899. The molecule has 0 aliphatic rings. The fraction of sp³-hybridized carbons (Fsp3) is 0.400. The Balaban J connectivity index is 2.44. The molecule has 0 saturated carbocycles. The molecule has 1 heterocycles. The van der Waals surface area contributed by atoms with Crippen molar-refractivity contribution in [2.75, 3.05) is 13.2 Å². The number of amides is 1. The van der Waals surface area contributed by atoms with Gasteiger partial charge in [0.25, 0.3) is 5.91 Å². The number of aliphatic hydroxyl groups is 2. The normalized spacial score (nSPS) is 12.3. The van der Waals surface area contributed by atoms with E-state index in [1.165, 1.54) is 24.3 Å². The number of aliphatic hydroxyl groups excluding tert-OH is 2. The van der Waals surface area contributed by atoms with Gasteiger partial charge in [-0.2, -0.15) is 0 Å². The van der Waals surface area contributed by atoms with Crippen LogP contribution in [0.2, 0.25) is 0 Å². The zero-order valence-corrected chi connectivity index (χ0v) is 19.3. The summed E-state index contributed by atoms with van der Waals surface area (Å²) in [5, 5.41) is 18.2. The first-order valence-corrected chi connectivity index (χ1v) is 10.9. The van der Waals surface area contributed by atoms with E-state index in [4.69, 9.17) is 9.94 Å². The van der Waals surface area contributed by atoms with Crippen molar-refractivity contribution >= 4 is 45.6 Å². The summed E-state index contributed by atoms with van der Waals surface area (Å²) in [5.41, 5.74) is 3.55. The maximum atomic E-state index is 14.4. The van der Waals surface area contributed by atoms with Gasteiger partial charge in [-0.05, 0) is 58.7 Å². The Morgan fingerprint density at radius 3 is 2.59 bits per heavy atom. The van der Waals surface area contributed by atoms with Crippen LogP contribution in [0.5, 0.6) is 0 Å². The van der Waals surface area contributed by atoms with E-state index in [1.54, 1.807) is 12.1 Å². The van der Waals surface area contributed by atoms with Gasteiger partial charge < -0.3 is 10.2 Å². The lowest BCUT2D eigenvalue weighted by Gasteiger charge is -2.13. The zero-order chi connectivity index (χ0) is 21.7. The van der Waals surface area contributed by atoms with Crippen LogP contribution in [0.15, 0.2) is 18.2 Å². The van der Waals surface area contributed by atoms with Crippen LogP contribution in [0.3, 0.4) is 0 Å². The topological polar surface area (TPSA) is 95.9 Å². The third-order valence-electron chi connectivity index (χ3n) is 4.16. The molecular formula is C20H23FINO5S. The predicted octanol–water partition coefficient (Wildman–Crippen LogP) is 3.42. The first kappa shape index (κ1) is 23.9. The summed E-state index contributed by atoms with van der Waals surface area (Å²) >= 11 is 3.20. The molecule has 9 heteroatoms. The molecule has 6 nitrogen and oxygen atoms in total. The monoisotopic (exact) mass is 535 g/mol. The molecule has 0 saturated heterocycles. The van der Waals surface area contributed by atoms with E-state index in [2.05, 4.69) is 5.48 Å². The van der Waals surface area contributed by atoms with E-state index in [0.717, 1.165) is 3.57 Å². The summed E-state index contributed by atoms with van der Waals surface area (Å²) in [6, 6.07) is 4.86. The number of hydrogen-bond donors (Lipinski definition) is 3. The van der Waals surface area contributed by atoms with Crippen molar-refractivity contribution in [3.8, 4) is 0 Å². The summed E-state index contributed by atoms with van der Waals surface area (Å²) in [6.45, 7) is 4.39. The van der Waals surface area contributed by atoms with Gasteiger partial charge in [-0.15, -0.1) is 11.3 Å². The third-order valence-corrected chi connectivity index (χ3v) is 6.14. The maximum absolute atomic E-state index is 14.4. The summed E-state index contributed by atoms with van der Waals surface area (Å²) < 4.78 is 15.1. The van der Waals surface area contributed by atoms with E-state index in [-0.39, 0.29) is 36.1 Å². The van der Waals surface area contributed by atoms with Gasteiger partial charge in [-0.1, -0.05) is 19.9 Å². The average molecular weight is 535 g/mol. The first-order valence-electron chi connectivity index (χ1n) is 8.97. The molecule has 1 aromatic heterocycles. The average Bonchev–Trinajstić information content (AvgIpc) is 3.03. The van der Waals surface area contributed by atoms with Crippen molar-refractivity contribution in [2.45, 2.75) is 39.2 Å². The van der Waals surface area contributed by atoms with Gasteiger partial charge in [0.15, 0.2) is 5.78 Å². The lowest BCUT2D eigenvalue weighted by Crippen LogP contribution is -2.30. The maximum Gasteiger partial charge on any atom is 0.276 e. The molecule has 0 aliphatic heterocycles. The van der Waals surface area contributed by atoms with Gasteiger partial charge in [0.1, 0.15) is 18.5 Å². The van der Waals surface area contributed by atoms with Crippen molar-refractivity contribution in [3.05, 3.63) is 54.0 Å². The Morgan fingerprint density at radius 1 is 1.34 bits per heavy atom. The van der Waals surface area contributed by atoms with Crippen LogP contribution in [0, 0.1) is 9.39 Å². The van der Waals surface area contributed by atoms with E-state index in [1.807, 2.05) is 36.4 Å². The van der Waals surface area contributed by atoms with Crippen LogP contribution in [0.4, 0.5) is 4.39 Å². The third kappa shape index (κ3) is 6.05. The zero-order valence-electron chi connectivity index (χ0n) is 16.3. The Labute approximate surface area is 186 Å². The molecule has 1 aromatic carbocycles. The second-order valence-corrected chi connectivity index (χ2v) is 9.20. The number of benzene rings is 1. The highest BCUT2D eigenvalue weighted by molar-refractivity contribution is 14.1. The van der Waals surface area contributed by atoms with E-state index in [9.17, 15) is 19.1 Å². The van der Waals surface area contributed by atoms with E-state index >= 15 is 0 Å². The second-order valence-electron chi connectivity index (χ2n) is 6.85. The molecule has 29 heavy (non-hydrogen) atoms. The highest BCUT2D eigenvalue weighted by Crippen LogP contribution is 2.36. The standard InChI is InChI=1S/C20H23FINO5S/c1-10(2)17-18(20(27)23-28-9-14(26)8-24)16(29-19(17)11(3)25)6-12-4-5-13(22)7-15(12)21/h4-5,7,10,14,24,26H,6,8-9H2,1-3H3,(H,23,27)/t14-/m1/s1. The molecule has 3 N–H and O–H groups in total. The number of halogens is 2. The number of thiophene rings is 1. The van der Waals surface area contributed by atoms with Crippen molar-refractivity contribution < 1.29 is 29.0 Å². The van der Waals surface area contributed by atoms with Crippen LogP contribution >= 0.6 is 33.9 Å². The summed E-state index contributed by atoms with van der Waals surface area (Å²) in [6.07, 6.45) is -0.974. The fourth-order valence-corrected chi connectivity index (χ4v) is 4.65. The molecule has 0 unspecified atom stereocenters. The predicted molar refractivity (Wildman–Crippen MR) is 117 cm³/mol. The quantitative estimate of drug-likeness (QED) is 0.260. The van der Waals surface area contributed by atoms with Crippen LogP contribution < -0.4 is 5.48 Å². The molecule has 158 valence electrons. The summed E-state index contributed by atoms with van der Waals surface area (Å²) in [5.74, 6) is -1.25. The largest absolute Gasteiger partial charge is 0.394 e.